The molecule has 1 N–H and O–H groups in total. The van der Waals surface area contributed by atoms with Crippen LogP contribution in [-0.4, -0.2) is 19.8 Å². The maximum absolute atomic E-state index is 11.4. The number of rotatable bonds is 3. The van der Waals surface area contributed by atoms with Gasteiger partial charge in [-0.15, -0.1) is 0 Å². The van der Waals surface area contributed by atoms with E-state index in [9.17, 15) is 9.00 Å². The minimum atomic E-state index is -2.09. The van der Waals surface area contributed by atoms with E-state index < -0.39 is 16.3 Å². The number of carbonyl (C=O) groups excluding carboxylic acids is 1. The van der Waals surface area contributed by atoms with Crippen molar-refractivity contribution in [1.29, 1.82) is 0 Å². The number of ketones is 1. The predicted molar refractivity (Wildman–Crippen MR) is 51.0 cm³/mol. The van der Waals surface area contributed by atoms with Crippen molar-refractivity contribution in [2.75, 3.05) is 0 Å². The Balaban J connectivity index is 2.86. The van der Waals surface area contributed by atoms with Gasteiger partial charge in [0.2, 0.25) is 0 Å². The van der Waals surface area contributed by atoms with Crippen LogP contribution in [0.2, 0.25) is 0 Å². The molecule has 0 saturated heterocycles. The third-order valence-electron chi connectivity index (χ3n) is 1.73. The normalized spacial score (nSPS) is 14.9. The van der Waals surface area contributed by atoms with E-state index in [0.29, 0.717) is 5.56 Å². The highest BCUT2D eigenvalue weighted by molar-refractivity contribution is 7.80. The zero-order valence-electron chi connectivity index (χ0n) is 7.14. The first-order valence-electron chi connectivity index (χ1n) is 3.82. The highest BCUT2D eigenvalue weighted by Crippen LogP contribution is 2.06. The first-order valence-corrected chi connectivity index (χ1v) is 4.99. The zero-order chi connectivity index (χ0) is 9.84. The average molecular weight is 198 g/mol. The predicted octanol–water partition coefficient (Wildman–Crippen LogP) is 1.48. The smallest absolute Gasteiger partial charge is 0.180 e. The van der Waals surface area contributed by atoms with Crippen LogP contribution < -0.4 is 0 Å². The second kappa shape index (κ2) is 4.30. The van der Waals surface area contributed by atoms with Gasteiger partial charge in [0.05, 0.1) is 0 Å². The van der Waals surface area contributed by atoms with Crippen LogP contribution in [0.3, 0.4) is 0 Å². The van der Waals surface area contributed by atoms with Crippen molar-refractivity contribution >= 4 is 16.9 Å². The van der Waals surface area contributed by atoms with Gasteiger partial charge >= 0.3 is 0 Å². The lowest BCUT2D eigenvalue weighted by Crippen LogP contribution is -2.21. The number of hydrogen-bond acceptors (Lipinski definition) is 2. The molecule has 13 heavy (non-hydrogen) atoms. The van der Waals surface area contributed by atoms with E-state index in [1.165, 1.54) is 6.92 Å². The molecule has 1 aromatic rings. The summed E-state index contributed by atoms with van der Waals surface area (Å²) in [4.78, 5) is 11.4. The summed E-state index contributed by atoms with van der Waals surface area (Å²) in [7, 11) is 0. The van der Waals surface area contributed by atoms with E-state index >= 15 is 0 Å². The molecule has 1 rings (SSSR count). The van der Waals surface area contributed by atoms with Gasteiger partial charge in [0.15, 0.2) is 16.9 Å². The Kier molecular flexibility index (Phi) is 3.33. The first-order chi connectivity index (χ1) is 6.13. The number of carbonyl (C=O) groups is 1. The summed E-state index contributed by atoms with van der Waals surface area (Å²) in [6.07, 6.45) is 0. The Bertz CT molecular complexity index is 321. The van der Waals surface area contributed by atoms with Crippen LogP contribution in [0.4, 0.5) is 0 Å². The topological polar surface area (TPSA) is 54.4 Å². The van der Waals surface area contributed by atoms with Crippen LogP contribution in [-0.2, 0) is 11.1 Å². The summed E-state index contributed by atoms with van der Waals surface area (Å²) in [6, 6.07) is 8.50. The minimum Gasteiger partial charge on any atom is -0.306 e. The maximum Gasteiger partial charge on any atom is 0.180 e. The van der Waals surface area contributed by atoms with Crippen LogP contribution in [0.1, 0.15) is 17.3 Å². The van der Waals surface area contributed by atoms with Crippen LogP contribution >= 0.6 is 0 Å². The summed E-state index contributed by atoms with van der Waals surface area (Å²) < 4.78 is 19.3. The number of hydrogen-bond donors (Lipinski definition) is 1. The molecule has 1 aromatic carbocycles. The van der Waals surface area contributed by atoms with Crippen LogP contribution in [0, 0.1) is 0 Å². The first kappa shape index (κ1) is 10.1. The molecule has 2 atom stereocenters. The Labute approximate surface area is 79.1 Å². The monoisotopic (exact) mass is 198 g/mol. The van der Waals surface area contributed by atoms with Gasteiger partial charge in [0, 0.05) is 5.56 Å². The molecule has 0 bridgehead atoms. The van der Waals surface area contributed by atoms with Crippen molar-refractivity contribution in [1.82, 2.24) is 0 Å². The van der Waals surface area contributed by atoms with Crippen molar-refractivity contribution in [3.05, 3.63) is 35.9 Å². The molecule has 0 aliphatic carbocycles. The van der Waals surface area contributed by atoms with E-state index in [2.05, 4.69) is 0 Å². The van der Waals surface area contributed by atoms with Gasteiger partial charge in [-0.25, -0.2) is 4.21 Å². The molecule has 70 valence electrons. The lowest BCUT2D eigenvalue weighted by atomic mass is 10.1. The third kappa shape index (κ3) is 2.47. The molecule has 0 aliphatic rings. The fraction of sp³-hybridized carbons (Fsp3) is 0.222. The maximum atomic E-state index is 11.4. The van der Waals surface area contributed by atoms with Gasteiger partial charge in [-0.3, -0.25) is 4.79 Å². The Morgan fingerprint density at radius 3 is 2.38 bits per heavy atom. The fourth-order valence-electron chi connectivity index (χ4n) is 0.929. The second-order valence-electron chi connectivity index (χ2n) is 2.65. The fourth-order valence-corrected chi connectivity index (χ4v) is 1.25. The summed E-state index contributed by atoms with van der Waals surface area (Å²) in [5.74, 6) is -0.304. The van der Waals surface area contributed by atoms with E-state index in [-0.39, 0.29) is 5.78 Å². The van der Waals surface area contributed by atoms with Gasteiger partial charge in [-0.1, -0.05) is 30.3 Å². The number of Topliss-reactive ketones (excluding diaryl/α,β-unsaturated/α-hetero) is 1. The second-order valence-corrected chi connectivity index (χ2v) is 3.91. The van der Waals surface area contributed by atoms with Gasteiger partial charge in [-0.05, 0) is 6.92 Å². The molecule has 0 radical (unpaired) electrons. The van der Waals surface area contributed by atoms with E-state index in [1.807, 2.05) is 0 Å². The van der Waals surface area contributed by atoms with Crippen LogP contribution in [0.5, 0.6) is 0 Å². The highest BCUT2D eigenvalue weighted by atomic mass is 32.2. The Morgan fingerprint density at radius 2 is 1.92 bits per heavy atom. The summed E-state index contributed by atoms with van der Waals surface area (Å²) >= 11 is -2.09. The van der Waals surface area contributed by atoms with Crippen molar-refractivity contribution in [2.45, 2.75) is 12.2 Å². The van der Waals surface area contributed by atoms with Crippen LogP contribution in [0.15, 0.2) is 30.3 Å². The molecule has 4 heteroatoms. The molecule has 2 unspecified atom stereocenters. The van der Waals surface area contributed by atoms with E-state index in [1.54, 1.807) is 30.3 Å². The quantitative estimate of drug-likeness (QED) is 0.591. The van der Waals surface area contributed by atoms with Crippen molar-refractivity contribution < 1.29 is 13.6 Å². The molecule has 0 amide bonds. The van der Waals surface area contributed by atoms with Gasteiger partial charge in [-0.2, -0.15) is 0 Å². The highest BCUT2D eigenvalue weighted by Gasteiger charge is 2.19. The minimum absolute atomic E-state index is 0.304. The summed E-state index contributed by atoms with van der Waals surface area (Å²) in [6.45, 7) is 1.44. The SMILES string of the molecule is CC(C(=O)c1ccccc1)S(=O)O. The van der Waals surface area contributed by atoms with Crippen molar-refractivity contribution in [2.24, 2.45) is 0 Å². The molecule has 3 nitrogen and oxygen atoms in total. The molecular formula is C9H10O3S. The standard InChI is InChI=1S/C9H10O3S/c1-7(13(11)12)9(10)8-5-3-2-4-6-8/h2-7H,1H3,(H,11,12). The van der Waals surface area contributed by atoms with Gasteiger partial charge in [0.25, 0.3) is 0 Å². The molecule has 0 aliphatic heterocycles. The lowest BCUT2D eigenvalue weighted by molar-refractivity contribution is 0.0991. The van der Waals surface area contributed by atoms with Crippen molar-refractivity contribution in [3.8, 4) is 0 Å². The molecular weight excluding hydrogens is 188 g/mol. The molecule has 0 fully saturated rings. The largest absolute Gasteiger partial charge is 0.306 e. The Morgan fingerprint density at radius 1 is 1.38 bits per heavy atom. The van der Waals surface area contributed by atoms with Crippen molar-refractivity contribution in [3.63, 3.8) is 0 Å². The van der Waals surface area contributed by atoms with Gasteiger partial charge in [0.1, 0.15) is 5.25 Å². The summed E-state index contributed by atoms with van der Waals surface area (Å²) in [5, 5.41) is -0.859. The van der Waals surface area contributed by atoms with E-state index in [4.69, 9.17) is 4.55 Å². The number of benzene rings is 1. The summed E-state index contributed by atoms with van der Waals surface area (Å²) in [5.41, 5.74) is 0.470. The third-order valence-corrected chi connectivity index (χ3v) is 2.55. The molecule has 0 heterocycles. The molecule has 0 aromatic heterocycles. The molecule has 0 saturated carbocycles. The van der Waals surface area contributed by atoms with Crippen LogP contribution in [0.25, 0.3) is 0 Å². The average Bonchev–Trinajstić information content (AvgIpc) is 2.17. The zero-order valence-corrected chi connectivity index (χ0v) is 7.95. The van der Waals surface area contributed by atoms with E-state index in [0.717, 1.165) is 0 Å². The lowest BCUT2D eigenvalue weighted by Gasteiger charge is -2.04. The Hall–Kier alpha value is -1.00. The van der Waals surface area contributed by atoms with Gasteiger partial charge < -0.3 is 4.55 Å². The molecule has 0 spiro atoms.